The molecule has 0 fully saturated rings. The maximum Gasteiger partial charge on any atom is 0.146 e. The number of aryl methyl sites for hydroxylation is 1. The Morgan fingerprint density at radius 3 is 3.06 bits per heavy atom. The van der Waals surface area contributed by atoms with Crippen molar-refractivity contribution in [2.24, 2.45) is 0 Å². The van der Waals surface area contributed by atoms with Crippen LogP contribution in [0.2, 0.25) is 5.02 Å². The monoisotopic (exact) mass is 267 g/mol. The number of hydrogen-bond acceptors (Lipinski definition) is 2. The van der Waals surface area contributed by atoms with E-state index in [1.807, 2.05) is 6.20 Å². The zero-order chi connectivity index (χ0) is 13.0. The first-order chi connectivity index (χ1) is 8.70. The maximum absolute atomic E-state index is 13.5. The Bertz CT molecular complexity index is 525. The lowest BCUT2D eigenvalue weighted by Gasteiger charge is -2.09. The van der Waals surface area contributed by atoms with Gasteiger partial charge >= 0.3 is 0 Å². The van der Waals surface area contributed by atoms with Gasteiger partial charge in [0.1, 0.15) is 11.6 Å². The predicted molar refractivity (Wildman–Crippen MR) is 71.3 cm³/mol. The second-order valence-corrected chi connectivity index (χ2v) is 4.45. The molecule has 0 aliphatic rings. The Kier molecular flexibility index (Phi) is 4.20. The van der Waals surface area contributed by atoms with Crippen molar-refractivity contribution in [1.82, 2.24) is 9.55 Å². The highest BCUT2D eigenvalue weighted by Crippen LogP contribution is 2.20. The first-order valence-electron chi connectivity index (χ1n) is 5.89. The molecule has 96 valence electrons. The largest absolute Gasteiger partial charge is 0.375 e. The zero-order valence-electron chi connectivity index (χ0n) is 10.2. The number of nitrogens with one attached hydrogen (secondary N) is 1. The number of anilines is 1. The molecule has 0 aliphatic heterocycles. The maximum atomic E-state index is 13.5. The second-order valence-electron chi connectivity index (χ2n) is 4.01. The van der Waals surface area contributed by atoms with E-state index in [9.17, 15) is 4.39 Å². The standard InChI is InChI=1S/C13H15ClFN3/c1-2-6-18-7-5-16-13(18)9-17-12-8-10(14)3-4-11(12)15/h3-5,7-8,17H,2,6,9H2,1H3. The number of halogens is 2. The molecule has 0 saturated heterocycles. The zero-order valence-corrected chi connectivity index (χ0v) is 10.9. The normalized spacial score (nSPS) is 10.6. The average molecular weight is 268 g/mol. The van der Waals surface area contributed by atoms with E-state index in [2.05, 4.69) is 21.8 Å². The first kappa shape index (κ1) is 12.9. The molecule has 1 aromatic heterocycles. The molecule has 3 nitrogen and oxygen atoms in total. The molecule has 0 radical (unpaired) electrons. The van der Waals surface area contributed by atoms with Crippen LogP contribution in [0.25, 0.3) is 0 Å². The van der Waals surface area contributed by atoms with Crippen LogP contribution in [-0.4, -0.2) is 9.55 Å². The molecule has 0 unspecified atom stereocenters. The summed E-state index contributed by atoms with van der Waals surface area (Å²) in [6.07, 6.45) is 4.71. The fourth-order valence-electron chi connectivity index (χ4n) is 1.76. The van der Waals surface area contributed by atoms with Gasteiger partial charge in [0, 0.05) is 24.0 Å². The first-order valence-corrected chi connectivity index (χ1v) is 6.27. The minimum atomic E-state index is -0.312. The summed E-state index contributed by atoms with van der Waals surface area (Å²) in [6.45, 7) is 3.49. The van der Waals surface area contributed by atoms with Crippen LogP contribution in [0.4, 0.5) is 10.1 Å². The third-order valence-electron chi connectivity index (χ3n) is 2.63. The summed E-state index contributed by atoms with van der Waals surface area (Å²) in [6, 6.07) is 4.45. The van der Waals surface area contributed by atoms with Crippen LogP contribution in [0.1, 0.15) is 19.2 Å². The van der Waals surface area contributed by atoms with Crippen molar-refractivity contribution >= 4 is 17.3 Å². The van der Waals surface area contributed by atoms with Gasteiger partial charge in [0.05, 0.1) is 12.2 Å². The van der Waals surface area contributed by atoms with Gasteiger partial charge in [-0.05, 0) is 24.6 Å². The van der Waals surface area contributed by atoms with Gasteiger partial charge < -0.3 is 9.88 Å². The summed E-state index contributed by atoms with van der Waals surface area (Å²) in [4.78, 5) is 4.25. The molecule has 0 atom stereocenters. The van der Waals surface area contributed by atoms with Crippen LogP contribution in [0.3, 0.4) is 0 Å². The Hall–Kier alpha value is -1.55. The number of hydrogen-bond donors (Lipinski definition) is 1. The molecular formula is C13H15ClFN3. The van der Waals surface area contributed by atoms with Crippen molar-refractivity contribution in [3.63, 3.8) is 0 Å². The van der Waals surface area contributed by atoms with Crippen LogP contribution in [0.15, 0.2) is 30.6 Å². The van der Waals surface area contributed by atoms with Crippen molar-refractivity contribution in [1.29, 1.82) is 0 Å². The van der Waals surface area contributed by atoms with Gasteiger partial charge in [0.15, 0.2) is 0 Å². The quantitative estimate of drug-likeness (QED) is 0.895. The molecule has 1 N–H and O–H groups in total. The summed E-state index contributed by atoms with van der Waals surface area (Å²) in [5, 5.41) is 3.52. The Morgan fingerprint density at radius 2 is 2.28 bits per heavy atom. The summed E-state index contributed by atoms with van der Waals surface area (Å²) in [5.41, 5.74) is 0.397. The van der Waals surface area contributed by atoms with Crippen LogP contribution >= 0.6 is 11.6 Å². The molecule has 18 heavy (non-hydrogen) atoms. The van der Waals surface area contributed by atoms with Crippen LogP contribution in [0, 0.1) is 5.82 Å². The molecule has 0 amide bonds. The van der Waals surface area contributed by atoms with Gasteiger partial charge in [0.2, 0.25) is 0 Å². The van der Waals surface area contributed by atoms with E-state index >= 15 is 0 Å². The molecule has 2 rings (SSSR count). The fraction of sp³-hybridized carbons (Fsp3) is 0.308. The number of imidazole rings is 1. The second kappa shape index (κ2) is 5.87. The van der Waals surface area contributed by atoms with Crippen molar-refractivity contribution in [3.05, 3.63) is 47.3 Å². The summed E-state index contributed by atoms with van der Waals surface area (Å²) in [7, 11) is 0. The highest BCUT2D eigenvalue weighted by molar-refractivity contribution is 6.30. The third-order valence-corrected chi connectivity index (χ3v) is 2.87. The Morgan fingerprint density at radius 1 is 1.44 bits per heavy atom. The average Bonchev–Trinajstić information content (AvgIpc) is 2.78. The van der Waals surface area contributed by atoms with Crippen LogP contribution < -0.4 is 5.32 Å². The lowest BCUT2D eigenvalue weighted by molar-refractivity contribution is 0.625. The minimum absolute atomic E-state index is 0.312. The van der Waals surface area contributed by atoms with E-state index in [4.69, 9.17) is 11.6 Å². The molecule has 2 aromatic rings. The van der Waals surface area contributed by atoms with Crippen molar-refractivity contribution in [2.45, 2.75) is 26.4 Å². The van der Waals surface area contributed by atoms with E-state index in [1.165, 1.54) is 12.1 Å². The molecule has 0 bridgehead atoms. The fourth-order valence-corrected chi connectivity index (χ4v) is 1.93. The van der Waals surface area contributed by atoms with Gasteiger partial charge in [-0.25, -0.2) is 9.37 Å². The number of nitrogens with zero attached hydrogens (tertiary/aromatic N) is 2. The Balaban J connectivity index is 2.06. The molecular weight excluding hydrogens is 253 g/mol. The summed E-state index contributed by atoms with van der Waals surface area (Å²) in [5.74, 6) is 0.573. The van der Waals surface area contributed by atoms with E-state index in [0.29, 0.717) is 17.3 Å². The highest BCUT2D eigenvalue weighted by Gasteiger charge is 2.05. The SMILES string of the molecule is CCCn1ccnc1CNc1cc(Cl)ccc1F. The molecule has 0 aliphatic carbocycles. The third kappa shape index (κ3) is 3.01. The number of benzene rings is 1. The van der Waals surface area contributed by atoms with E-state index < -0.39 is 0 Å². The van der Waals surface area contributed by atoms with Crippen LogP contribution in [-0.2, 0) is 13.1 Å². The summed E-state index contributed by atoms with van der Waals surface area (Å²) < 4.78 is 15.5. The molecule has 1 aromatic carbocycles. The van der Waals surface area contributed by atoms with E-state index in [-0.39, 0.29) is 5.82 Å². The number of aromatic nitrogens is 2. The van der Waals surface area contributed by atoms with Crippen molar-refractivity contribution in [3.8, 4) is 0 Å². The topological polar surface area (TPSA) is 29.9 Å². The van der Waals surface area contributed by atoms with E-state index in [0.717, 1.165) is 18.8 Å². The molecule has 5 heteroatoms. The van der Waals surface area contributed by atoms with Gasteiger partial charge in [-0.1, -0.05) is 18.5 Å². The molecule has 1 heterocycles. The molecule has 0 saturated carbocycles. The number of rotatable bonds is 5. The lowest BCUT2D eigenvalue weighted by atomic mass is 10.3. The van der Waals surface area contributed by atoms with Gasteiger partial charge in [0.25, 0.3) is 0 Å². The van der Waals surface area contributed by atoms with Crippen molar-refractivity contribution < 1.29 is 4.39 Å². The summed E-state index contributed by atoms with van der Waals surface area (Å²) >= 11 is 5.83. The highest BCUT2D eigenvalue weighted by atomic mass is 35.5. The van der Waals surface area contributed by atoms with E-state index in [1.54, 1.807) is 12.3 Å². The van der Waals surface area contributed by atoms with Crippen LogP contribution in [0.5, 0.6) is 0 Å². The van der Waals surface area contributed by atoms with Gasteiger partial charge in [-0.2, -0.15) is 0 Å². The minimum Gasteiger partial charge on any atom is -0.375 e. The Labute approximate surface area is 111 Å². The van der Waals surface area contributed by atoms with Gasteiger partial charge in [-0.3, -0.25) is 0 Å². The lowest BCUT2D eigenvalue weighted by Crippen LogP contribution is -2.09. The van der Waals surface area contributed by atoms with Gasteiger partial charge in [-0.15, -0.1) is 0 Å². The molecule has 0 spiro atoms. The van der Waals surface area contributed by atoms with Crippen molar-refractivity contribution in [2.75, 3.05) is 5.32 Å². The predicted octanol–water partition coefficient (Wildman–Crippen LogP) is 3.70. The smallest absolute Gasteiger partial charge is 0.146 e.